The number of thiophene rings is 1. The highest BCUT2D eigenvalue weighted by Crippen LogP contribution is 2.42. The molecule has 0 saturated heterocycles. The van der Waals surface area contributed by atoms with Gasteiger partial charge in [-0.3, -0.25) is 4.79 Å². The number of hydrogen-bond donors (Lipinski definition) is 2. The maximum Gasteiger partial charge on any atom is 0.306 e. The standard InChI is InChI=1S/C12H16O3S/c1-7-5-6-16-11(7)10(13)8-3-2-4-9(8)12(14)15/h5-6,8-10,13H,2-4H2,1H3,(H,14,15). The first-order valence-corrected chi connectivity index (χ1v) is 6.44. The first-order chi connectivity index (χ1) is 7.61. The van der Waals surface area contributed by atoms with Crippen molar-refractivity contribution in [2.75, 3.05) is 0 Å². The smallest absolute Gasteiger partial charge is 0.306 e. The van der Waals surface area contributed by atoms with Gasteiger partial charge in [-0.2, -0.15) is 0 Å². The van der Waals surface area contributed by atoms with Crippen LogP contribution in [0.25, 0.3) is 0 Å². The molecule has 1 aromatic heterocycles. The van der Waals surface area contributed by atoms with E-state index in [0.717, 1.165) is 23.3 Å². The van der Waals surface area contributed by atoms with Gasteiger partial charge in [-0.05, 0) is 36.8 Å². The second kappa shape index (κ2) is 4.55. The SMILES string of the molecule is Cc1ccsc1C(O)C1CCCC1C(=O)O. The number of hydrogen-bond acceptors (Lipinski definition) is 3. The molecule has 88 valence electrons. The normalized spacial score (nSPS) is 26.9. The van der Waals surface area contributed by atoms with Gasteiger partial charge in [0, 0.05) is 10.8 Å². The molecule has 3 unspecified atom stereocenters. The fourth-order valence-electron chi connectivity index (χ4n) is 2.56. The number of carboxylic acids is 1. The summed E-state index contributed by atoms with van der Waals surface area (Å²) in [6.45, 7) is 1.96. The first kappa shape index (κ1) is 11.6. The van der Waals surface area contributed by atoms with Gasteiger partial charge in [0.1, 0.15) is 0 Å². The second-order valence-electron chi connectivity index (χ2n) is 4.45. The average molecular weight is 240 g/mol. The molecule has 0 amide bonds. The van der Waals surface area contributed by atoms with Gasteiger partial charge in [0.2, 0.25) is 0 Å². The fraction of sp³-hybridized carbons (Fsp3) is 0.583. The molecule has 1 aromatic rings. The Balaban J connectivity index is 2.18. The molecular weight excluding hydrogens is 224 g/mol. The van der Waals surface area contributed by atoms with Crippen LogP contribution in [0.4, 0.5) is 0 Å². The third-order valence-electron chi connectivity index (χ3n) is 3.46. The molecule has 1 aliphatic carbocycles. The molecular formula is C12H16O3S. The van der Waals surface area contributed by atoms with Crippen LogP contribution in [-0.4, -0.2) is 16.2 Å². The summed E-state index contributed by atoms with van der Waals surface area (Å²) in [6.07, 6.45) is 1.81. The molecule has 1 saturated carbocycles. The first-order valence-electron chi connectivity index (χ1n) is 5.56. The Morgan fingerprint density at radius 2 is 2.31 bits per heavy atom. The molecule has 0 radical (unpaired) electrons. The van der Waals surface area contributed by atoms with Crippen LogP contribution in [-0.2, 0) is 4.79 Å². The van der Waals surface area contributed by atoms with Gasteiger partial charge in [-0.1, -0.05) is 6.42 Å². The molecule has 2 N–H and O–H groups in total. The molecule has 1 aliphatic rings. The molecule has 0 aliphatic heterocycles. The van der Waals surface area contributed by atoms with Crippen molar-refractivity contribution in [1.82, 2.24) is 0 Å². The van der Waals surface area contributed by atoms with E-state index in [1.807, 2.05) is 18.4 Å². The lowest BCUT2D eigenvalue weighted by Gasteiger charge is -2.21. The van der Waals surface area contributed by atoms with Crippen LogP contribution in [0.15, 0.2) is 11.4 Å². The Morgan fingerprint density at radius 3 is 2.88 bits per heavy atom. The van der Waals surface area contributed by atoms with Gasteiger partial charge in [0.15, 0.2) is 0 Å². The van der Waals surface area contributed by atoms with Crippen LogP contribution in [0, 0.1) is 18.8 Å². The third kappa shape index (κ3) is 1.99. The van der Waals surface area contributed by atoms with E-state index in [9.17, 15) is 9.90 Å². The number of aliphatic carboxylic acids is 1. The predicted octanol–water partition coefficient (Wildman–Crippen LogP) is 2.59. The van der Waals surface area contributed by atoms with Crippen LogP contribution in [0.3, 0.4) is 0 Å². The summed E-state index contributed by atoms with van der Waals surface area (Å²) in [5.41, 5.74) is 1.06. The quantitative estimate of drug-likeness (QED) is 0.853. The Labute approximate surface area is 98.7 Å². The second-order valence-corrected chi connectivity index (χ2v) is 5.40. The number of carboxylic acid groups (broad SMARTS) is 1. The van der Waals surface area contributed by atoms with Gasteiger partial charge < -0.3 is 10.2 Å². The van der Waals surface area contributed by atoms with E-state index in [1.165, 1.54) is 11.3 Å². The van der Waals surface area contributed by atoms with E-state index in [-0.39, 0.29) is 11.8 Å². The van der Waals surface area contributed by atoms with Crippen LogP contribution < -0.4 is 0 Å². The van der Waals surface area contributed by atoms with Crippen LogP contribution in [0.1, 0.15) is 35.8 Å². The van der Waals surface area contributed by atoms with Crippen molar-refractivity contribution in [2.24, 2.45) is 11.8 Å². The van der Waals surface area contributed by atoms with Gasteiger partial charge in [-0.25, -0.2) is 0 Å². The lowest BCUT2D eigenvalue weighted by molar-refractivity contribution is -0.144. The third-order valence-corrected chi connectivity index (χ3v) is 4.55. The van der Waals surface area contributed by atoms with E-state index in [2.05, 4.69) is 0 Å². The minimum absolute atomic E-state index is 0.116. The highest BCUT2D eigenvalue weighted by atomic mass is 32.1. The summed E-state index contributed by atoms with van der Waals surface area (Å²) in [5, 5.41) is 21.3. The van der Waals surface area contributed by atoms with Crippen molar-refractivity contribution >= 4 is 17.3 Å². The van der Waals surface area contributed by atoms with E-state index < -0.39 is 12.1 Å². The molecule has 4 heteroatoms. The Morgan fingerprint density at radius 1 is 1.56 bits per heavy atom. The summed E-state index contributed by atoms with van der Waals surface area (Å²) < 4.78 is 0. The fourth-order valence-corrected chi connectivity index (χ4v) is 3.54. The molecule has 3 nitrogen and oxygen atoms in total. The van der Waals surface area contributed by atoms with Crippen LogP contribution >= 0.6 is 11.3 Å². The van der Waals surface area contributed by atoms with Gasteiger partial charge >= 0.3 is 5.97 Å². The molecule has 16 heavy (non-hydrogen) atoms. The minimum Gasteiger partial charge on any atom is -0.481 e. The zero-order valence-electron chi connectivity index (χ0n) is 9.22. The molecule has 2 rings (SSSR count). The molecule has 0 spiro atoms. The Kier molecular flexibility index (Phi) is 3.30. The summed E-state index contributed by atoms with van der Waals surface area (Å²) in [4.78, 5) is 12.0. The lowest BCUT2D eigenvalue weighted by atomic mass is 9.89. The maximum atomic E-state index is 11.1. The van der Waals surface area contributed by atoms with Gasteiger partial charge in [-0.15, -0.1) is 11.3 Å². The Hall–Kier alpha value is -0.870. The summed E-state index contributed by atoms with van der Waals surface area (Å²) in [6, 6.07) is 1.97. The van der Waals surface area contributed by atoms with Gasteiger partial charge in [0.05, 0.1) is 12.0 Å². The van der Waals surface area contributed by atoms with Crippen molar-refractivity contribution < 1.29 is 15.0 Å². The van der Waals surface area contributed by atoms with Gasteiger partial charge in [0.25, 0.3) is 0 Å². The van der Waals surface area contributed by atoms with E-state index >= 15 is 0 Å². The maximum absolute atomic E-state index is 11.1. The average Bonchev–Trinajstić information content (AvgIpc) is 2.84. The largest absolute Gasteiger partial charge is 0.481 e. The van der Waals surface area contributed by atoms with E-state index in [0.29, 0.717) is 6.42 Å². The summed E-state index contributed by atoms with van der Waals surface area (Å²) in [5.74, 6) is -1.26. The highest BCUT2D eigenvalue weighted by Gasteiger charge is 2.38. The lowest BCUT2D eigenvalue weighted by Crippen LogP contribution is -2.23. The van der Waals surface area contributed by atoms with Crippen LogP contribution in [0.5, 0.6) is 0 Å². The zero-order chi connectivity index (χ0) is 11.7. The number of aliphatic hydroxyl groups excluding tert-OH is 1. The predicted molar refractivity (Wildman–Crippen MR) is 62.5 cm³/mol. The Bertz CT molecular complexity index is 385. The summed E-state index contributed by atoms with van der Waals surface area (Å²) >= 11 is 1.52. The van der Waals surface area contributed by atoms with Crippen molar-refractivity contribution in [1.29, 1.82) is 0 Å². The van der Waals surface area contributed by atoms with Crippen molar-refractivity contribution in [3.05, 3.63) is 21.9 Å². The zero-order valence-corrected chi connectivity index (χ0v) is 10.0. The molecule has 1 fully saturated rings. The number of aliphatic hydroxyl groups is 1. The van der Waals surface area contributed by atoms with Crippen LogP contribution in [0.2, 0.25) is 0 Å². The number of carbonyl (C=O) groups is 1. The molecule has 1 heterocycles. The summed E-state index contributed by atoms with van der Waals surface area (Å²) in [7, 11) is 0. The van der Waals surface area contributed by atoms with E-state index in [1.54, 1.807) is 0 Å². The molecule has 0 bridgehead atoms. The topological polar surface area (TPSA) is 57.5 Å². The van der Waals surface area contributed by atoms with E-state index in [4.69, 9.17) is 5.11 Å². The molecule has 0 aromatic carbocycles. The highest BCUT2D eigenvalue weighted by molar-refractivity contribution is 7.10. The van der Waals surface area contributed by atoms with Crippen molar-refractivity contribution in [3.8, 4) is 0 Å². The monoisotopic (exact) mass is 240 g/mol. The molecule has 3 atom stereocenters. The van der Waals surface area contributed by atoms with Crippen molar-refractivity contribution in [2.45, 2.75) is 32.3 Å². The minimum atomic E-state index is -0.768. The number of rotatable bonds is 3. The number of aryl methyl sites for hydroxylation is 1. The van der Waals surface area contributed by atoms with Crippen molar-refractivity contribution in [3.63, 3.8) is 0 Å².